The third-order valence-corrected chi connectivity index (χ3v) is 11.2. The lowest BCUT2D eigenvalue weighted by atomic mass is 9.93. The first kappa shape index (κ1) is 28.8. The van der Waals surface area contributed by atoms with E-state index in [2.05, 4.69) is 94.1 Å². The van der Waals surface area contributed by atoms with E-state index in [1.54, 1.807) is 23.5 Å². The van der Waals surface area contributed by atoms with E-state index in [-0.39, 0.29) is 0 Å². The van der Waals surface area contributed by atoms with Crippen LogP contribution >= 0.6 is 11.3 Å². The van der Waals surface area contributed by atoms with Crippen molar-refractivity contribution < 1.29 is 0 Å². The highest BCUT2D eigenvalue weighted by Crippen LogP contribution is 2.44. The second-order valence-corrected chi connectivity index (χ2v) is 13.7. The number of aromatic nitrogens is 2. The van der Waals surface area contributed by atoms with Gasteiger partial charge in [-0.05, 0) is 48.5 Å². The number of hydrogen-bond acceptors (Lipinski definition) is 4. The summed E-state index contributed by atoms with van der Waals surface area (Å²) < 4.78 is 6.73. The van der Waals surface area contributed by atoms with Gasteiger partial charge in [-0.3, -0.25) is 0 Å². The lowest BCUT2D eigenvalue weighted by Crippen LogP contribution is -2.01. The Balaban J connectivity index is 1.20. The van der Waals surface area contributed by atoms with Crippen molar-refractivity contribution in [1.29, 1.82) is 15.8 Å². The number of fused-ring (bicyclic) bond motifs is 10. The molecule has 6 heteroatoms. The number of nitriles is 3. The van der Waals surface area contributed by atoms with E-state index in [0.717, 1.165) is 49.3 Å². The molecule has 0 amide bonds. The fraction of sp³-hybridized carbons (Fsp3) is 0. The summed E-state index contributed by atoms with van der Waals surface area (Å²) >= 11 is 1.78. The molecule has 0 aliphatic carbocycles. The molecule has 7 aromatic carbocycles. The average Bonchev–Trinajstić information content (AvgIpc) is 3.85. The molecule has 0 radical (unpaired) electrons. The van der Waals surface area contributed by atoms with Crippen LogP contribution in [-0.4, -0.2) is 9.13 Å². The Labute approximate surface area is 295 Å². The van der Waals surface area contributed by atoms with E-state index in [0.29, 0.717) is 33.5 Å². The first-order valence-electron chi connectivity index (χ1n) is 16.5. The summed E-state index contributed by atoms with van der Waals surface area (Å²) in [7, 11) is 0. The highest BCUT2D eigenvalue weighted by molar-refractivity contribution is 7.26. The Morgan fingerprint density at radius 2 is 0.980 bits per heavy atom. The molecule has 0 aliphatic rings. The molecule has 0 saturated heterocycles. The van der Waals surface area contributed by atoms with E-state index in [1.807, 2.05) is 60.7 Å². The average molecular weight is 666 g/mol. The largest absolute Gasteiger partial charge is 0.308 e. The topological polar surface area (TPSA) is 81.2 Å². The molecule has 0 unspecified atom stereocenters. The molecule has 0 N–H and O–H groups in total. The molecular formula is C45H23N5S. The number of thiophene rings is 1. The van der Waals surface area contributed by atoms with Crippen LogP contribution in [0.1, 0.15) is 16.7 Å². The molecule has 10 aromatic rings. The fourth-order valence-electron chi connectivity index (χ4n) is 7.86. The van der Waals surface area contributed by atoms with Gasteiger partial charge in [0.05, 0.1) is 61.3 Å². The van der Waals surface area contributed by atoms with Crippen LogP contribution in [0.25, 0.3) is 86.3 Å². The molecule has 0 saturated carbocycles. The molecule has 5 nitrogen and oxygen atoms in total. The van der Waals surface area contributed by atoms with E-state index < -0.39 is 0 Å². The Kier molecular flexibility index (Phi) is 6.17. The lowest BCUT2D eigenvalue weighted by molar-refractivity contribution is 1.16. The number of rotatable bonds is 3. The van der Waals surface area contributed by atoms with Gasteiger partial charge >= 0.3 is 0 Å². The van der Waals surface area contributed by atoms with Gasteiger partial charge in [0.1, 0.15) is 6.07 Å². The lowest BCUT2D eigenvalue weighted by Gasteiger charge is -2.15. The van der Waals surface area contributed by atoms with Gasteiger partial charge in [-0.25, -0.2) is 0 Å². The summed E-state index contributed by atoms with van der Waals surface area (Å²) in [5, 5.41) is 38.5. The zero-order valence-corrected chi connectivity index (χ0v) is 27.7. The van der Waals surface area contributed by atoms with Gasteiger partial charge in [-0.1, -0.05) is 91.0 Å². The van der Waals surface area contributed by atoms with Crippen molar-refractivity contribution in [3.63, 3.8) is 0 Å². The van der Waals surface area contributed by atoms with Crippen LogP contribution < -0.4 is 0 Å². The van der Waals surface area contributed by atoms with Crippen LogP contribution in [0.15, 0.2) is 140 Å². The second-order valence-electron chi connectivity index (χ2n) is 12.6. The summed E-state index contributed by atoms with van der Waals surface area (Å²) in [5.41, 5.74) is 7.92. The first-order chi connectivity index (χ1) is 25.2. The van der Waals surface area contributed by atoms with Crippen LogP contribution in [0, 0.1) is 34.0 Å². The normalized spacial score (nSPS) is 11.5. The van der Waals surface area contributed by atoms with Crippen LogP contribution in [0.3, 0.4) is 0 Å². The van der Waals surface area contributed by atoms with Crippen LogP contribution in [0.2, 0.25) is 0 Å². The zero-order valence-electron chi connectivity index (χ0n) is 26.9. The van der Waals surface area contributed by atoms with Crippen molar-refractivity contribution >= 4 is 75.1 Å². The minimum atomic E-state index is 0.388. The highest BCUT2D eigenvalue weighted by atomic mass is 32.1. The number of nitrogens with zero attached hydrogens (tertiary/aromatic N) is 5. The molecule has 0 aliphatic heterocycles. The van der Waals surface area contributed by atoms with Crippen molar-refractivity contribution in [2.24, 2.45) is 0 Å². The van der Waals surface area contributed by atoms with E-state index in [4.69, 9.17) is 0 Å². The van der Waals surface area contributed by atoms with Gasteiger partial charge < -0.3 is 9.13 Å². The Morgan fingerprint density at radius 1 is 0.431 bits per heavy atom. The van der Waals surface area contributed by atoms with Crippen molar-refractivity contribution in [1.82, 2.24) is 9.13 Å². The number of para-hydroxylation sites is 3. The van der Waals surface area contributed by atoms with Gasteiger partial charge in [0.2, 0.25) is 0 Å². The van der Waals surface area contributed by atoms with Crippen molar-refractivity contribution in [2.75, 3.05) is 0 Å². The molecule has 234 valence electrons. The van der Waals surface area contributed by atoms with Crippen LogP contribution in [-0.2, 0) is 0 Å². The molecule has 0 atom stereocenters. The van der Waals surface area contributed by atoms with Gasteiger partial charge in [-0.15, -0.1) is 11.3 Å². The van der Waals surface area contributed by atoms with E-state index in [1.165, 1.54) is 20.2 Å². The minimum absolute atomic E-state index is 0.388. The fourth-order valence-corrected chi connectivity index (χ4v) is 9.10. The minimum Gasteiger partial charge on any atom is -0.308 e. The molecule has 3 aromatic heterocycles. The Hall–Kier alpha value is -7.17. The maximum atomic E-state index is 10.6. The number of benzene rings is 7. The summed E-state index contributed by atoms with van der Waals surface area (Å²) in [5.74, 6) is 0. The molecule has 0 spiro atoms. The van der Waals surface area contributed by atoms with Gasteiger partial charge in [0, 0.05) is 53.8 Å². The summed E-state index contributed by atoms with van der Waals surface area (Å²) in [6, 6.07) is 54.0. The molecular weight excluding hydrogens is 643 g/mol. The predicted octanol–water partition coefficient (Wildman–Crippen LogP) is 11.5. The standard InChI is InChI=1S/C45H23N5S/c46-24-27-21-30(49-39-13-5-3-11-34(39)36-19-20-37-35-12-4-8-16-43(35)51-45(37)44(36)49)17-18-31(27)38-22-29(26-48)42(23-28(38)25-47)50-40-14-6-1-9-32(40)33-10-2-7-15-41(33)50/h1-23H. The maximum absolute atomic E-state index is 10.6. The highest BCUT2D eigenvalue weighted by Gasteiger charge is 2.22. The SMILES string of the molecule is N#Cc1cc(-n2c3ccccc3c3ccc4c5ccccc5sc4c32)ccc1-c1cc(C#N)c(-n2c3ccccc3c3ccccc32)cc1C#N. The number of hydrogen-bond donors (Lipinski definition) is 0. The zero-order chi connectivity index (χ0) is 34.2. The quantitative estimate of drug-likeness (QED) is 0.188. The van der Waals surface area contributed by atoms with E-state index in [9.17, 15) is 15.8 Å². The predicted molar refractivity (Wildman–Crippen MR) is 208 cm³/mol. The maximum Gasteiger partial charge on any atom is 0.101 e. The summed E-state index contributed by atoms with van der Waals surface area (Å²) in [6.45, 7) is 0. The van der Waals surface area contributed by atoms with Gasteiger partial charge in [0.15, 0.2) is 0 Å². The summed E-state index contributed by atoms with van der Waals surface area (Å²) in [4.78, 5) is 0. The molecule has 51 heavy (non-hydrogen) atoms. The third-order valence-electron chi connectivity index (χ3n) is 10.0. The van der Waals surface area contributed by atoms with Gasteiger partial charge in [-0.2, -0.15) is 15.8 Å². The third kappa shape index (κ3) is 4.05. The van der Waals surface area contributed by atoms with Crippen LogP contribution in [0.5, 0.6) is 0 Å². The second kappa shape index (κ2) is 10.9. The van der Waals surface area contributed by atoms with Crippen molar-refractivity contribution in [3.8, 4) is 40.7 Å². The Bertz CT molecular complexity index is 3190. The molecule has 0 bridgehead atoms. The molecule has 0 fully saturated rings. The van der Waals surface area contributed by atoms with E-state index >= 15 is 0 Å². The van der Waals surface area contributed by atoms with Crippen molar-refractivity contribution in [3.05, 3.63) is 156 Å². The first-order valence-corrected chi connectivity index (χ1v) is 17.4. The Morgan fingerprint density at radius 3 is 1.65 bits per heavy atom. The van der Waals surface area contributed by atoms with Gasteiger partial charge in [0.25, 0.3) is 0 Å². The smallest absolute Gasteiger partial charge is 0.101 e. The molecule has 3 heterocycles. The van der Waals surface area contributed by atoms with Crippen molar-refractivity contribution in [2.45, 2.75) is 0 Å². The monoisotopic (exact) mass is 665 g/mol. The molecule has 10 rings (SSSR count). The van der Waals surface area contributed by atoms with Crippen LogP contribution in [0.4, 0.5) is 0 Å². The summed E-state index contributed by atoms with van der Waals surface area (Å²) in [6.07, 6.45) is 0.